The summed E-state index contributed by atoms with van der Waals surface area (Å²) in [6, 6.07) is 0. The van der Waals surface area contributed by atoms with E-state index in [0.29, 0.717) is 38.5 Å². The predicted molar refractivity (Wildman–Crippen MR) is 578 cm³/mol. The molecule has 0 aromatic carbocycles. The average molecular weight is 1950 g/mol. The van der Waals surface area contributed by atoms with Crippen LogP contribution in [-0.2, 0) is 85.8 Å². The Morgan fingerprint density at radius 1 is 0.264 bits per heavy atom. The van der Waals surface area contributed by atoms with Crippen LogP contribution in [0.1, 0.15) is 504 Å². The van der Waals surface area contributed by atoms with Crippen molar-refractivity contribution in [3.63, 3.8) is 0 Å². The Bertz CT molecular complexity index is 3410. The average Bonchev–Trinajstić information content (AvgIpc) is 1.71. The van der Waals surface area contributed by atoms with Crippen molar-refractivity contribution < 1.29 is 85.8 Å². The highest BCUT2D eigenvalue weighted by Gasteiger charge is 2.38. The third kappa shape index (κ3) is 97.2. The highest BCUT2D eigenvalue weighted by Crippen LogP contribution is 2.30. The predicted octanol–water partition coefficient (Wildman–Crippen LogP) is 33.8. The molecule has 4 unspecified atom stereocenters. The minimum atomic E-state index is -0.847. The molecule has 140 heavy (non-hydrogen) atoms. The molecule has 1 saturated heterocycles. The normalized spacial score (nSPS) is 14.1. The maximum atomic E-state index is 12.9. The Hall–Kier alpha value is -8.28. The molecular weight excluding hydrogens is 1750 g/mol. The summed E-state index contributed by atoms with van der Waals surface area (Å²) in [7, 11) is 0. The molecule has 0 saturated carbocycles. The first-order chi connectivity index (χ1) is 68.6. The largest absolute Gasteiger partial charge is 0.462 e. The fourth-order valence-corrected chi connectivity index (χ4v) is 15.8. The zero-order valence-electron chi connectivity index (χ0n) is 89.4. The van der Waals surface area contributed by atoms with Crippen molar-refractivity contribution in [3.05, 3.63) is 158 Å². The summed E-state index contributed by atoms with van der Waals surface area (Å²) >= 11 is 0. The van der Waals surface area contributed by atoms with Gasteiger partial charge in [0.05, 0.1) is 12.3 Å². The lowest BCUT2D eigenvalue weighted by atomic mass is 9.87. The van der Waals surface area contributed by atoms with E-state index in [1.54, 1.807) is 0 Å². The van der Waals surface area contributed by atoms with Gasteiger partial charge in [-0.3, -0.25) is 38.4 Å². The van der Waals surface area contributed by atoms with Crippen LogP contribution in [0.4, 0.5) is 0 Å². The third-order valence-electron chi connectivity index (χ3n) is 24.4. The summed E-state index contributed by atoms with van der Waals surface area (Å²) in [5.41, 5.74) is 0. The Kier molecular flexibility index (Phi) is 100. The van der Waals surface area contributed by atoms with Gasteiger partial charge in [-0.2, -0.15) is 0 Å². The first-order valence-electron chi connectivity index (χ1n) is 56.6. The first kappa shape index (κ1) is 132. The monoisotopic (exact) mass is 1950 g/mol. The minimum Gasteiger partial charge on any atom is -0.462 e. The highest BCUT2D eigenvalue weighted by atomic mass is 16.6. The molecule has 2 aliphatic heterocycles. The molecule has 0 aliphatic carbocycles. The standard InChI is InChI=1S/C61H100O9.C57H98O6.C4H2O3/c1-4-7-10-13-16-18-20-22-24-26-28-30-32-38-43-48-57(62)67-52-55(69-59(64)50-45-40-33-31-29-27-25-23-21-19-17-14-11-8-5-2)53-68-58(63)49-44-39-35-34-37-42-47-54(46-41-36-15-12-9-6-3)56-51-60(65)70-61(56)66;1-4-7-10-13-16-19-22-25-28-31-34-37-40-43-46-49-55(58)61-52-54(63-57(60)51-48-45-42-39-36-33-30-27-24-21-18-15-12-9-6-3)53-62-56(59)50-47-44-41-38-35-32-29-26-23-20-17-14-11-8-5-2;5-3-1-2-4(6)7-3/h9,12,17,19,22-25,36,41-42,47,54-56H,4-8,10-11,13-16,18,20-21,26-35,37-40,43-46,48-53H2,1-3H3;7,10,16,18-19,21,25-30,54H,4-6,8-9,11-15,17,20,22-24,31-53H2,1-3H3;1-2H/b12-9-,19-17-,24-22-,25-23-,41-36-,47-42+;10-7-,19-16-,21-18-,28-25-,29-26-,30-27-;. The molecule has 0 amide bonds. The molecule has 0 spiro atoms. The van der Waals surface area contributed by atoms with Crippen molar-refractivity contribution in [1.82, 2.24) is 0 Å². The van der Waals surface area contributed by atoms with E-state index in [1.165, 1.54) is 161 Å². The van der Waals surface area contributed by atoms with E-state index in [1.807, 2.05) is 6.08 Å². The number of esters is 10. The van der Waals surface area contributed by atoms with Crippen LogP contribution in [0.5, 0.6) is 0 Å². The summed E-state index contributed by atoms with van der Waals surface area (Å²) in [6.45, 7) is 12.8. The lowest BCUT2D eigenvalue weighted by Crippen LogP contribution is -2.30. The number of carbonyl (C=O) groups is 10. The van der Waals surface area contributed by atoms with E-state index in [9.17, 15) is 47.9 Å². The molecule has 2 rings (SSSR count). The van der Waals surface area contributed by atoms with Crippen molar-refractivity contribution in [2.45, 2.75) is 516 Å². The van der Waals surface area contributed by atoms with E-state index in [4.69, 9.17) is 33.2 Å². The lowest BCUT2D eigenvalue weighted by molar-refractivity contribution is -0.167. The molecule has 18 heteroatoms. The summed E-state index contributed by atoms with van der Waals surface area (Å²) in [5.74, 6) is -4.57. The Labute approximate surface area is 852 Å². The lowest BCUT2D eigenvalue weighted by Gasteiger charge is -2.18. The second-order valence-corrected chi connectivity index (χ2v) is 37.7. The molecule has 4 atom stereocenters. The van der Waals surface area contributed by atoms with Crippen LogP contribution in [0.2, 0.25) is 0 Å². The maximum Gasteiger partial charge on any atom is 0.338 e. The minimum absolute atomic E-state index is 0.0887. The molecule has 2 heterocycles. The molecule has 0 aromatic heterocycles. The highest BCUT2D eigenvalue weighted by molar-refractivity contribution is 6.05. The molecule has 0 N–H and O–H groups in total. The topological polar surface area (TPSA) is 245 Å². The van der Waals surface area contributed by atoms with Crippen LogP contribution in [0.15, 0.2) is 158 Å². The van der Waals surface area contributed by atoms with Gasteiger partial charge in [-0.25, -0.2) is 9.59 Å². The van der Waals surface area contributed by atoms with Crippen molar-refractivity contribution >= 4 is 59.7 Å². The number of ether oxygens (including phenoxy) is 8. The summed E-state index contributed by atoms with van der Waals surface area (Å²) in [4.78, 5) is 120. The number of carbonyl (C=O) groups excluding carboxylic acids is 10. The van der Waals surface area contributed by atoms with Crippen molar-refractivity contribution in [3.8, 4) is 0 Å². The van der Waals surface area contributed by atoms with Crippen molar-refractivity contribution in [2.24, 2.45) is 11.8 Å². The quantitative estimate of drug-likeness (QED) is 0.0181. The molecule has 0 bridgehead atoms. The van der Waals surface area contributed by atoms with Gasteiger partial charge in [0.25, 0.3) is 0 Å². The SMILES string of the molecule is CC/C=C\C/C=C\C/C=C\CCCCCCCC(=O)OCC(COC(=O)CCCCCCC/C=C\CCCCCCCC)OC(=O)CCCCCCC/C=C\C/C=C\CCCCC.CC/C=C\C/C=C\CC(/C=C/CCCCCCC(=O)OCC(COC(=O)CCCCCCC/C=C\CCCCCCCC)OC(=O)CCCCCCC/C=C\C/C=C\CCCCC)C1CC(=O)OC1=O.O=C1C=CC(=O)O1. The summed E-state index contributed by atoms with van der Waals surface area (Å²) < 4.78 is 42.4. The summed E-state index contributed by atoms with van der Waals surface area (Å²) in [6.07, 6.45) is 127. The van der Waals surface area contributed by atoms with Gasteiger partial charge in [0.15, 0.2) is 12.2 Å². The van der Waals surface area contributed by atoms with Gasteiger partial charge in [-0.1, -0.05) is 386 Å². The van der Waals surface area contributed by atoms with Crippen LogP contribution < -0.4 is 0 Å². The number of cyclic esters (lactones) is 4. The van der Waals surface area contributed by atoms with Gasteiger partial charge in [0.1, 0.15) is 26.4 Å². The van der Waals surface area contributed by atoms with Crippen LogP contribution in [0.3, 0.4) is 0 Å². The summed E-state index contributed by atoms with van der Waals surface area (Å²) in [5, 5.41) is 0. The van der Waals surface area contributed by atoms with Gasteiger partial charge >= 0.3 is 59.7 Å². The van der Waals surface area contributed by atoms with Crippen LogP contribution in [0, 0.1) is 11.8 Å². The van der Waals surface area contributed by atoms with Gasteiger partial charge in [0, 0.05) is 50.7 Å². The van der Waals surface area contributed by atoms with Crippen molar-refractivity contribution in [2.75, 3.05) is 26.4 Å². The van der Waals surface area contributed by atoms with Gasteiger partial charge < -0.3 is 37.9 Å². The van der Waals surface area contributed by atoms with E-state index in [2.05, 4.69) is 186 Å². The number of hydrogen-bond acceptors (Lipinski definition) is 18. The number of unbranched alkanes of at least 4 members (excludes halogenated alkanes) is 47. The van der Waals surface area contributed by atoms with E-state index in [-0.39, 0.29) is 87.4 Å². The molecule has 796 valence electrons. The molecule has 0 radical (unpaired) electrons. The second-order valence-electron chi connectivity index (χ2n) is 37.7. The van der Waals surface area contributed by atoms with E-state index < -0.39 is 42.0 Å². The molecular formula is C122H200O18. The Morgan fingerprint density at radius 3 is 0.743 bits per heavy atom. The maximum absolute atomic E-state index is 12.9. The van der Waals surface area contributed by atoms with E-state index >= 15 is 0 Å². The smallest absolute Gasteiger partial charge is 0.338 e. The second kappa shape index (κ2) is 106. The number of hydrogen-bond donors (Lipinski definition) is 0. The molecule has 2 aliphatic rings. The van der Waals surface area contributed by atoms with Crippen LogP contribution >= 0.6 is 0 Å². The number of rotatable bonds is 95. The number of allylic oxidation sites excluding steroid dienone is 24. The molecule has 1 fully saturated rings. The van der Waals surface area contributed by atoms with Crippen LogP contribution in [-0.4, -0.2) is 98.3 Å². The Morgan fingerprint density at radius 2 is 0.486 bits per heavy atom. The first-order valence-corrected chi connectivity index (χ1v) is 56.6. The van der Waals surface area contributed by atoms with Crippen LogP contribution in [0.25, 0.3) is 0 Å². The van der Waals surface area contributed by atoms with Gasteiger partial charge in [0.2, 0.25) is 0 Å². The van der Waals surface area contributed by atoms with Gasteiger partial charge in [-0.15, -0.1) is 0 Å². The fourth-order valence-electron chi connectivity index (χ4n) is 15.8. The van der Waals surface area contributed by atoms with Gasteiger partial charge in [-0.05, 0) is 224 Å². The van der Waals surface area contributed by atoms with E-state index in [0.717, 1.165) is 256 Å². The fraction of sp³-hybridized carbons (Fsp3) is 0.705. The zero-order chi connectivity index (χ0) is 102. The zero-order valence-corrected chi connectivity index (χ0v) is 89.4. The third-order valence-corrected chi connectivity index (χ3v) is 24.4. The molecule has 18 nitrogen and oxygen atoms in total. The van der Waals surface area contributed by atoms with Crippen molar-refractivity contribution in [1.29, 1.82) is 0 Å². The Balaban J connectivity index is 0.00000258. The molecule has 0 aromatic rings.